The largest absolute Gasteiger partial charge is 0.681 e. The number of phosphoric acid groups is 1. The number of fused-ring (bicyclic) bond motifs is 10. The van der Waals surface area contributed by atoms with Gasteiger partial charge in [-0.15, -0.1) is 40.9 Å². The first kappa shape index (κ1) is 70.9. The van der Waals surface area contributed by atoms with Gasteiger partial charge in [-0.1, -0.05) is 47.6 Å². The molecule has 0 saturated carbocycles. The first-order chi connectivity index (χ1) is 41.4. The number of hydrogen-bond donors (Lipinski definition) is 11. The molecular weight excluding hydrogens is 1230 g/mol. The number of benzene rings is 1. The first-order valence-electron chi connectivity index (χ1n) is 29.9. The Hall–Kier alpha value is -6.56. The third-order valence-corrected chi connectivity index (χ3v) is 21.5. The van der Waals surface area contributed by atoms with E-state index in [-0.39, 0.29) is 99.7 Å². The van der Waals surface area contributed by atoms with Crippen molar-refractivity contribution in [2.75, 3.05) is 6.54 Å². The predicted molar refractivity (Wildman–Crippen MR) is 325 cm³/mol. The number of aliphatic hydroxyl groups excluding tert-OH is 2. The number of aliphatic hydroxyl groups is 2. The van der Waals surface area contributed by atoms with E-state index in [9.17, 15) is 58.3 Å². The Balaban J connectivity index is 0.0000115. The summed E-state index contributed by atoms with van der Waals surface area (Å²) >= 11 is 0. The Labute approximate surface area is 533 Å². The summed E-state index contributed by atoms with van der Waals surface area (Å²) in [6.45, 7) is 16.2. The van der Waals surface area contributed by atoms with Crippen molar-refractivity contribution >= 4 is 60.2 Å². The maximum absolute atomic E-state index is 14.3. The molecule has 30 heteroatoms. The van der Waals surface area contributed by atoms with Crippen molar-refractivity contribution in [2.24, 2.45) is 79.7 Å². The molecule has 5 saturated heterocycles. The predicted octanol–water partition coefficient (Wildman–Crippen LogP) is 4.98. The normalized spacial score (nSPS) is 36.2. The van der Waals surface area contributed by atoms with Gasteiger partial charge in [-0.05, 0) is 104 Å². The third-order valence-electron chi connectivity index (χ3n) is 20.3. The third kappa shape index (κ3) is 13.5. The molecule has 4 unspecified atom stereocenters. The van der Waals surface area contributed by atoms with Crippen molar-refractivity contribution in [1.29, 1.82) is 0 Å². The minimum absolute atomic E-state index is 0. The van der Waals surface area contributed by atoms with E-state index in [1.807, 2.05) is 61.5 Å². The minimum Gasteiger partial charge on any atom is -0.681 e. The van der Waals surface area contributed by atoms with Gasteiger partial charge in [-0.3, -0.25) is 47.2 Å². The summed E-state index contributed by atoms with van der Waals surface area (Å²) in [6, 6.07) is 0.861. The van der Waals surface area contributed by atoms with E-state index in [0.717, 1.165) is 0 Å². The molecule has 90 heavy (non-hydrogen) atoms. The summed E-state index contributed by atoms with van der Waals surface area (Å²) in [5, 5.41) is 56.4. The van der Waals surface area contributed by atoms with Crippen LogP contribution in [-0.4, -0.2) is 126 Å². The van der Waals surface area contributed by atoms with Gasteiger partial charge in [-0.25, -0.2) is 9.55 Å². The number of phosphoric ester groups is 1. The second-order valence-corrected chi connectivity index (χ2v) is 28.0. The van der Waals surface area contributed by atoms with Crippen LogP contribution in [-0.2, 0) is 68.7 Å². The van der Waals surface area contributed by atoms with Crippen molar-refractivity contribution in [1.82, 2.24) is 14.9 Å². The summed E-state index contributed by atoms with van der Waals surface area (Å²) in [7, 11) is -5.13. The molecule has 5 fully saturated rings. The van der Waals surface area contributed by atoms with E-state index in [0.29, 0.717) is 45.5 Å². The number of rotatable bonds is 25. The monoisotopic (exact) mass is 1320 g/mol. The second kappa shape index (κ2) is 26.6. The van der Waals surface area contributed by atoms with E-state index in [1.165, 1.54) is 36.0 Å². The number of nitrogens with two attached hydrogens (primary N) is 6. The van der Waals surface area contributed by atoms with Crippen LogP contribution in [0.4, 0.5) is 0 Å². The average molecular weight is 1320 g/mol. The van der Waals surface area contributed by atoms with Crippen LogP contribution < -0.4 is 39.7 Å². The molecule has 6 aliphatic heterocycles. The van der Waals surface area contributed by atoms with Crippen LogP contribution in [0.2, 0.25) is 0 Å². The fraction of sp³-hybridized carbons (Fsp3) is 0.633. The maximum atomic E-state index is 14.3. The fourth-order valence-electron chi connectivity index (χ4n) is 15.6. The Morgan fingerprint density at radius 1 is 0.856 bits per heavy atom. The van der Waals surface area contributed by atoms with E-state index in [1.54, 1.807) is 0 Å². The zero-order chi connectivity index (χ0) is 65.8. The summed E-state index contributed by atoms with van der Waals surface area (Å²) in [5.41, 5.74) is 33.7. The van der Waals surface area contributed by atoms with Crippen molar-refractivity contribution in [2.45, 2.75) is 187 Å². The van der Waals surface area contributed by atoms with Gasteiger partial charge >= 0.3 is 7.82 Å². The number of aromatic hydroxyl groups is 1. The smallest absolute Gasteiger partial charge is 0.473 e. The van der Waals surface area contributed by atoms with Crippen molar-refractivity contribution in [3.8, 4) is 5.75 Å². The molecular formula is C60H86CoN13O15P-4. The van der Waals surface area contributed by atoms with E-state index < -0.39 is 155 Å². The maximum Gasteiger partial charge on any atom is 0.473 e. The standard InChI is InChI=1S/C60H86N13O15P.Co/c1-28(87-89(84,85)88-51-39(26-74)86-55(50(51)83)73-27-68-37-20-31(75)10-14-38(37)73)25-67-47(82)18-19-57(6)35(21-44(64)79)54-60(9)59(8,24-46(66)81)34(13-17-43(63)78)49(72-60)30(3)53-58(7,23-45(65)80)32(11-15-41(61)76)36(69-53)22-40-56(4,5)33(12-16-42(62)77)48(70-40)29(2)52(57)71-54;/h10,14,20,22,26-28,32-35,40,49-52,54-55,74-75,83H,11-13,15-19,21,23-25H2,1-9H3,(H2,61,76)(H2,62,77)(H2,63,78)(H2,64,79)(H2,65,80)(H2,66,81)(H,67,82)(H,84,85);/q-4;/b36-22-,39-26+,48-29-,53-30-;/t28-,32-,33-,34-,35+,40?,49?,50-,51-,52?,54-,55+,57-,58+,59+,60+;/m1./s1. The molecule has 8 bridgehead atoms. The van der Waals surface area contributed by atoms with Crippen LogP contribution in [0.1, 0.15) is 139 Å². The minimum atomic E-state index is -5.13. The number of phenolic OH excluding ortho intramolecular Hbond substituents is 1. The van der Waals surface area contributed by atoms with Crippen LogP contribution in [0.5, 0.6) is 5.75 Å². The van der Waals surface area contributed by atoms with Gasteiger partial charge in [0.25, 0.3) is 0 Å². The van der Waals surface area contributed by atoms with Gasteiger partial charge < -0.3 is 85.9 Å². The molecule has 2 aromatic rings. The molecule has 17 atom stereocenters. The zero-order valence-electron chi connectivity index (χ0n) is 52.1. The van der Waals surface area contributed by atoms with E-state index in [4.69, 9.17) is 69.5 Å². The molecule has 7 heterocycles. The number of allylic oxidation sites excluding steroid dienone is 3. The fourth-order valence-corrected chi connectivity index (χ4v) is 16.7. The Morgan fingerprint density at radius 2 is 1.48 bits per heavy atom. The number of amides is 7. The number of carbonyl (C=O) groups is 7. The first-order valence-corrected chi connectivity index (χ1v) is 31.4. The summed E-state index contributed by atoms with van der Waals surface area (Å²) in [4.78, 5) is 109. The average Bonchev–Trinajstić information content (AvgIpc) is 1.53. The Bertz CT molecular complexity index is 3360. The summed E-state index contributed by atoms with van der Waals surface area (Å²) < 4.78 is 31.6. The van der Waals surface area contributed by atoms with Gasteiger partial charge in [0.2, 0.25) is 47.6 Å². The van der Waals surface area contributed by atoms with E-state index >= 15 is 0 Å². The molecule has 0 aliphatic carbocycles. The van der Waals surface area contributed by atoms with Crippen LogP contribution in [0.15, 0.2) is 70.9 Å². The number of ether oxygens (including phenoxy) is 1. The molecule has 499 valence electrons. The number of aromatic nitrogens is 2. The summed E-state index contributed by atoms with van der Waals surface area (Å²) in [5.74, 6) is -7.53. The zero-order valence-corrected chi connectivity index (χ0v) is 54.0. The molecule has 28 nitrogen and oxygen atoms in total. The topological polar surface area (TPSA) is 488 Å². The van der Waals surface area contributed by atoms with Gasteiger partial charge in [-0.2, -0.15) is 17.1 Å². The van der Waals surface area contributed by atoms with Crippen LogP contribution in [0.25, 0.3) is 32.3 Å². The SMILES string of the molecule is C/C1=C2/[N-]/C(=C\C3[N-]/C(=C(/C)C4[N-][C@H]([C@H](CC(N)=O)[C@@]4(C)CCC(=O)NC[C@@H](C)OP(=O)(O)O[C@@H]4/C(=C\O)O[C@H](n5cnc6cc(O)ccc65)[C@@H]4O)[C@]4(C)[N-]C1[C@@H](CCC(N)=O)[C@]4(C)CC(N)=O)[C@@H](CCC(N)=O)C3(C)C)[C@@H](CCC(N)=O)[C@]2(C)CC(N)=O.[Co]. The molecule has 8 rings (SSSR count). The van der Waals surface area contributed by atoms with Gasteiger partial charge in [0.15, 0.2) is 11.9 Å². The number of carbonyl (C=O) groups excluding carboxylic acids is 7. The molecule has 7 amide bonds. The van der Waals surface area contributed by atoms with Crippen LogP contribution in [0.3, 0.4) is 0 Å². The van der Waals surface area contributed by atoms with E-state index in [2.05, 4.69) is 10.3 Å². The second-order valence-electron chi connectivity index (χ2n) is 26.6. The number of nitrogens with one attached hydrogen (secondary N) is 1. The van der Waals surface area contributed by atoms with Gasteiger partial charge in [0.1, 0.15) is 18.1 Å². The molecule has 6 aliphatic rings. The van der Waals surface area contributed by atoms with Crippen molar-refractivity contribution in [3.63, 3.8) is 0 Å². The molecule has 1 aromatic heterocycles. The van der Waals surface area contributed by atoms with Crippen LogP contribution in [0, 0.1) is 45.3 Å². The molecule has 0 spiro atoms. The van der Waals surface area contributed by atoms with Gasteiger partial charge in [0, 0.05) is 74.3 Å². The number of primary amides is 6. The number of phenols is 1. The molecule has 1 radical (unpaired) electrons. The van der Waals surface area contributed by atoms with Crippen LogP contribution >= 0.6 is 7.82 Å². The summed E-state index contributed by atoms with van der Waals surface area (Å²) in [6.07, 6.45) is -3.03. The number of hydrogen-bond acceptors (Lipinski definition) is 15. The molecule has 17 N–H and O–H groups in total. The Morgan fingerprint density at radius 3 is 2.08 bits per heavy atom. The number of imidazole rings is 1. The quantitative estimate of drug-likeness (QED) is 0.0461. The van der Waals surface area contributed by atoms with Gasteiger partial charge in [0.05, 0.1) is 23.5 Å². The van der Waals surface area contributed by atoms with Crippen molar-refractivity contribution < 1.29 is 88.9 Å². The molecule has 1 aromatic carbocycles. The van der Waals surface area contributed by atoms with Crippen molar-refractivity contribution in [3.05, 3.63) is 92.1 Å². The Kier molecular flexibility index (Phi) is 20.9. The number of nitrogens with zero attached hydrogens (tertiary/aromatic N) is 6.